The number of aliphatic hydroxyl groups excluding tert-OH is 2. The quantitative estimate of drug-likeness (QED) is 0.509. The van der Waals surface area contributed by atoms with E-state index in [-0.39, 0.29) is 29.7 Å². The van der Waals surface area contributed by atoms with E-state index < -0.39 is 54.1 Å². The standard InChI is InChI=1S/C20H20O8/c1-4-7-8-9(13(23)16-15(27-16)12(8)22)19(26-4)20-6(3-25-5(2)10(7)20)11(21)14-17(28-14)18(20)24/h3-5,7,10-11,13-17,19,21,23H,1-2H3/t4-,5-,7+,10+,11-,13-,14+,15-,16+,17?,19-,20+/m0/s1. The summed E-state index contributed by atoms with van der Waals surface area (Å²) in [6, 6.07) is 0. The normalized spacial score (nSPS) is 60.0. The second-order valence-corrected chi connectivity index (χ2v) is 9.09. The minimum absolute atomic E-state index is 0.113. The van der Waals surface area contributed by atoms with Crippen LogP contribution in [0.5, 0.6) is 0 Å². The van der Waals surface area contributed by atoms with Crippen LogP contribution >= 0.6 is 0 Å². The molecule has 3 saturated heterocycles. The molecule has 0 radical (unpaired) electrons. The lowest BCUT2D eigenvalue weighted by atomic mass is 9.45. The Morgan fingerprint density at radius 3 is 2.46 bits per heavy atom. The second kappa shape index (κ2) is 4.60. The summed E-state index contributed by atoms with van der Waals surface area (Å²) in [6.45, 7) is 3.77. The van der Waals surface area contributed by atoms with Crippen molar-refractivity contribution in [3.05, 3.63) is 23.0 Å². The fourth-order valence-corrected chi connectivity index (χ4v) is 6.86. The number of ether oxygens (including phenoxy) is 4. The van der Waals surface area contributed by atoms with Gasteiger partial charge in [-0.1, -0.05) is 0 Å². The maximum atomic E-state index is 13.7. The van der Waals surface area contributed by atoms with Crippen LogP contribution in [-0.4, -0.2) is 76.7 Å². The summed E-state index contributed by atoms with van der Waals surface area (Å²) in [7, 11) is 0. The number of epoxide rings is 2. The molecule has 1 spiro atoms. The molecule has 8 aliphatic rings. The number of carbonyl (C=O) groups is 2. The van der Waals surface area contributed by atoms with Crippen LogP contribution in [0.2, 0.25) is 0 Å². The number of rotatable bonds is 0. The van der Waals surface area contributed by atoms with Crippen LogP contribution in [0.4, 0.5) is 0 Å². The van der Waals surface area contributed by atoms with E-state index >= 15 is 0 Å². The summed E-state index contributed by atoms with van der Waals surface area (Å²) in [5, 5.41) is 21.8. The van der Waals surface area contributed by atoms with Crippen LogP contribution in [0, 0.1) is 17.3 Å². The molecule has 12 atom stereocenters. The lowest BCUT2D eigenvalue weighted by Crippen LogP contribution is -2.72. The lowest BCUT2D eigenvalue weighted by Gasteiger charge is -2.63. The summed E-state index contributed by atoms with van der Waals surface area (Å²) in [5.74, 6) is -1.05. The van der Waals surface area contributed by atoms with Crippen molar-refractivity contribution in [2.75, 3.05) is 0 Å². The molecule has 8 nitrogen and oxygen atoms in total. The van der Waals surface area contributed by atoms with E-state index in [2.05, 4.69) is 0 Å². The number of carbonyl (C=O) groups excluding carboxylic acids is 2. The van der Waals surface area contributed by atoms with Gasteiger partial charge in [-0.15, -0.1) is 0 Å². The summed E-state index contributed by atoms with van der Waals surface area (Å²) >= 11 is 0. The van der Waals surface area contributed by atoms with Crippen LogP contribution in [0.1, 0.15) is 13.8 Å². The molecule has 1 unspecified atom stereocenters. The van der Waals surface area contributed by atoms with Crippen LogP contribution in [-0.2, 0) is 28.5 Å². The highest BCUT2D eigenvalue weighted by molar-refractivity contribution is 6.06. The highest BCUT2D eigenvalue weighted by Gasteiger charge is 2.78. The largest absolute Gasteiger partial charge is 0.498 e. The maximum absolute atomic E-state index is 13.7. The van der Waals surface area contributed by atoms with E-state index in [0.29, 0.717) is 16.7 Å². The Hall–Kier alpha value is -1.58. The van der Waals surface area contributed by atoms with Gasteiger partial charge in [-0.05, 0) is 19.4 Å². The van der Waals surface area contributed by atoms with E-state index in [1.807, 2.05) is 13.8 Å². The summed E-state index contributed by atoms with van der Waals surface area (Å²) in [4.78, 5) is 26.7. The molecule has 0 aromatic rings. The van der Waals surface area contributed by atoms with Gasteiger partial charge < -0.3 is 29.2 Å². The SMILES string of the molecule is C[C@@H]1O[C@H]2C3=C(C(=O)[C@@H]4O[C@@H]4[C@H]3O)[C@@H]1[C@H]1[C@H](C)OC=C3[C@H](O)[C@H]4OC4C(=O)[C@@]312. The van der Waals surface area contributed by atoms with E-state index in [1.165, 1.54) is 6.26 Å². The number of hydrogen-bond donors (Lipinski definition) is 2. The molecular weight excluding hydrogens is 368 g/mol. The first-order chi connectivity index (χ1) is 13.4. The Balaban J connectivity index is 1.52. The van der Waals surface area contributed by atoms with Crippen molar-refractivity contribution < 1.29 is 38.7 Å². The number of hydrogen-bond acceptors (Lipinski definition) is 8. The zero-order chi connectivity index (χ0) is 19.3. The lowest BCUT2D eigenvalue weighted by molar-refractivity contribution is -0.210. The molecule has 0 aromatic carbocycles. The zero-order valence-corrected chi connectivity index (χ0v) is 15.3. The number of ketones is 2. The first-order valence-corrected chi connectivity index (χ1v) is 9.90. The van der Waals surface area contributed by atoms with E-state index in [9.17, 15) is 19.8 Å². The molecule has 3 aliphatic carbocycles. The third-order valence-corrected chi connectivity index (χ3v) is 8.00. The van der Waals surface area contributed by atoms with Gasteiger partial charge in [0.25, 0.3) is 0 Å². The molecule has 2 N–H and O–H groups in total. The molecule has 28 heavy (non-hydrogen) atoms. The Morgan fingerprint density at radius 2 is 1.68 bits per heavy atom. The molecule has 2 bridgehead atoms. The fraction of sp³-hybridized carbons (Fsp3) is 0.700. The molecule has 148 valence electrons. The van der Waals surface area contributed by atoms with Gasteiger partial charge in [-0.3, -0.25) is 9.59 Å². The molecule has 4 fully saturated rings. The van der Waals surface area contributed by atoms with Crippen molar-refractivity contribution >= 4 is 11.6 Å². The van der Waals surface area contributed by atoms with Crippen LogP contribution in [0.15, 0.2) is 23.0 Å². The predicted octanol–water partition coefficient (Wildman–Crippen LogP) is -0.973. The third-order valence-electron chi connectivity index (χ3n) is 8.00. The Kier molecular flexibility index (Phi) is 2.67. The molecule has 8 heteroatoms. The van der Waals surface area contributed by atoms with Crippen LogP contribution in [0.3, 0.4) is 0 Å². The molecule has 5 aliphatic heterocycles. The molecule has 0 aromatic heterocycles. The average Bonchev–Trinajstić information content (AvgIpc) is 3.57. The zero-order valence-electron chi connectivity index (χ0n) is 15.3. The number of Topliss-reactive ketones (excluding diaryl/α,β-unsaturated/α-hetero) is 2. The molecule has 5 heterocycles. The van der Waals surface area contributed by atoms with Crippen LogP contribution < -0.4 is 0 Å². The summed E-state index contributed by atoms with van der Waals surface area (Å²) in [5.41, 5.74) is 0.269. The van der Waals surface area contributed by atoms with Crippen molar-refractivity contribution in [2.45, 2.75) is 68.8 Å². The predicted molar refractivity (Wildman–Crippen MR) is 88.8 cm³/mol. The Bertz CT molecular complexity index is 921. The van der Waals surface area contributed by atoms with Gasteiger partial charge in [0.05, 0.1) is 30.0 Å². The Morgan fingerprint density at radius 1 is 0.964 bits per heavy atom. The molecule has 0 amide bonds. The summed E-state index contributed by atoms with van der Waals surface area (Å²) in [6.07, 6.45) is -4.40. The van der Waals surface area contributed by atoms with Gasteiger partial charge in [0.15, 0.2) is 11.6 Å². The van der Waals surface area contributed by atoms with Crippen molar-refractivity contribution in [1.82, 2.24) is 0 Å². The smallest absolute Gasteiger partial charge is 0.190 e. The van der Waals surface area contributed by atoms with Gasteiger partial charge in [-0.25, -0.2) is 0 Å². The van der Waals surface area contributed by atoms with Crippen molar-refractivity contribution in [3.8, 4) is 0 Å². The Labute approximate surface area is 160 Å². The topological polar surface area (TPSA) is 118 Å². The molecule has 1 saturated carbocycles. The van der Waals surface area contributed by atoms with Crippen LogP contribution in [0.25, 0.3) is 0 Å². The number of aliphatic hydroxyl groups is 2. The average molecular weight is 388 g/mol. The van der Waals surface area contributed by atoms with Crippen molar-refractivity contribution in [2.24, 2.45) is 17.3 Å². The van der Waals surface area contributed by atoms with E-state index in [4.69, 9.17) is 18.9 Å². The fourth-order valence-electron chi connectivity index (χ4n) is 6.86. The molecular formula is C20H20O8. The van der Waals surface area contributed by atoms with Crippen molar-refractivity contribution in [1.29, 1.82) is 0 Å². The number of fused-ring (bicyclic) bond motifs is 3. The maximum Gasteiger partial charge on any atom is 0.190 e. The van der Waals surface area contributed by atoms with Gasteiger partial charge in [0.1, 0.15) is 36.6 Å². The third kappa shape index (κ3) is 1.47. The van der Waals surface area contributed by atoms with Gasteiger partial charge in [0, 0.05) is 23.0 Å². The highest BCUT2D eigenvalue weighted by Crippen LogP contribution is 2.67. The van der Waals surface area contributed by atoms with E-state index in [0.717, 1.165) is 0 Å². The second-order valence-electron chi connectivity index (χ2n) is 9.09. The van der Waals surface area contributed by atoms with Gasteiger partial charge in [-0.2, -0.15) is 0 Å². The first kappa shape index (κ1) is 16.2. The van der Waals surface area contributed by atoms with Crippen molar-refractivity contribution in [3.63, 3.8) is 0 Å². The first-order valence-electron chi connectivity index (χ1n) is 9.90. The summed E-state index contributed by atoms with van der Waals surface area (Å²) < 4.78 is 23.1. The van der Waals surface area contributed by atoms with Gasteiger partial charge >= 0.3 is 0 Å². The molecule has 8 rings (SSSR count). The monoisotopic (exact) mass is 388 g/mol. The minimum atomic E-state index is -1.19. The highest BCUT2D eigenvalue weighted by atomic mass is 16.6. The van der Waals surface area contributed by atoms with Gasteiger partial charge in [0.2, 0.25) is 0 Å². The minimum Gasteiger partial charge on any atom is -0.498 e. The van der Waals surface area contributed by atoms with E-state index in [1.54, 1.807) is 0 Å².